The first kappa shape index (κ1) is 13.9. The summed E-state index contributed by atoms with van der Waals surface area (Å²) in [5, 5.41) is 0. The summed E-state index contributed by atoms with van der Waals surface area (Å²) in [5.41, 5.74) is 6.20. The molecule has 1 atom stereocenters. The lowest BCUT2D eigenvalue weighted by atomic mass is 10.1. The van der Waals surface area contributed by atoms with E-state index in [-0.39, 0.29) is 18.4 Å². The Morgan fingerprint density at radius 2 is 2.12 bits per heavy atom. The van der Waals surface area contributed by atoms with Crippen molar-refractivity contribution in [3.05, 3.63) is 29.6 Å². The maximum Gasteiger partial charge on any atom is 0.150 e. The summed E-state index contributed by atoms with van der Waals surface area (Å²) in [6.07, 6.45) is 1.13. The molecule has 1 rings (SSSR count). The van der Waals surface area contributed by atoms with E-state index in [1.165, 1.54) is 18.2 Å². The number of ether oxygens (including phenoxy) is 1. The predicted octanol–water partition coefficient (Wildman–Crippen LogP) is 1.27. The van der Waals surface area contributed by atoms with Gasteiger partial charge in [-0.15, -0.1) is 0 Å². The van der Waals surface area contributed by atoms with Gasteiger partial charge in [0, 0.05) is 17.9 Å². The summed E-state index contributed by atoms with van der Waals surface area (Å²) in [4.78, 5) is 0. The van der Waals surface area contributed by atoms with Crippen molar-refractivity contribution in [3.8, 4) is 5.75 Å². The lowest BCUT2D eigenvalue weighted by molar-refractivity contribution is 0.335. The van der Waals surface area contributed by atoms with E-state index in [0.717, 1.165) is 6.26 Å². The highest BCUT2D eigenvalue weighted by atomic mass is 32.2. The Morgan fingerprint density at radius 1 is 1.47 bits per heavy atom. The fraction of sp³-hybridized carbons (Fsp3) is 0.455. The van der Waals surface area contributed by atoms with Crippen LogP contribution < -0.4 is 10.5 Å². The van der Waals surface area contributed by atoms with Gasteiger partial charge >= 0.3 is 0 Å². The lowest BCUT2D eigenvalue weighted by Gasteiger charge is -2.13. The molecule has 0 amide bonds. The summed E-state index contributed by atoms with van der Waals surface area (Å²) < 4.78 is 40.2. The Kier molecular flexibility index (Phi) is 4.47. The van der Waals surface area contributed by atoms with Gasteiger partial charge in [-0.25, -0.2) is 12.8 Å². The molecule has 0 bridgehead atoms. The number of hydrogen-bond donors (Lipinski definition) is 1. The first-order chi connectivity index (χ1) is 7.79. The molecule has 0 radical (unpaired) electrons. The predicted molar refractivity (Wildman–Crippen MR) is 64.2 cm³/mol. The van der Waals surface area contributed by atoms with Crippen LogP contribution in [-0.2, 0) is 9.84 Å². The topological polar surface area (TPSA) is 69.4 Å². The molecule has 1 aromatic rings. The molecule has 4 nitrogen and oxygen atoms in total. The first-order valence-corrected chi connectivity index (χ1v) is 7.21. The third-order valence-corrected chi connectivity index (χ3v) is 3.08. The first-order valence-electron chi connectivity index (χ1n) is 5.15. The summed E-state index contributed by atoms with van der Waals surface area (Å²) in [7, 11) is -3.07. The average molecular weight is 261 g/mol. The van der Waals surface area contributed by atoms with E-state index >= 15 is 0 Å². The minimum atomic E-state index is -3.07. The second kappa shape index (κ2) is 5.46. The highest BCUT2D eigenvalue weighted by molar-refractivity contribution is 7.90. The Hall–Kier alpha value is -1.14. The fourth-order valence-corrected chi connectivity index (χ4v) is 1.70. The second-order valence-corrected chi connectivity index (χ2v) is 6.21. The van der Waals surface area contributed by atoms with Gasteiger partial charge < -0.3 is 10.5 Å². The van der Waals surface area contributed by atoms with E-state index in [4.69, 9.17) is 10.5 Å². The van der Waals surface area contributed by atoms with Crippen LogP contribution in [-0.4, -0.2) is 27.0 Å². The van der Waals surface area contributed by atoms with Crippen molar-refractivity contribution in [2.24, 2.45) is 5.73 Å². The molecule has 17 heavy (non-hydrogen) atoms. The van der Waals surface area contributed by atoms with E-state index in [2.05, 4.69) is 0 Å². The Labute approximate surface area is 101 Å². The van der Waals surface area contributed by atoms with Gasteiger partial charge in [0.2, 0.25) is 0 Å². The molecule has 1 aromatic carbocycles. The number of halogens is 1. The molecule has 0 saturated carbocycles. The number of sulfone groups is 1. The maximum absolute atomic E-state index is 13.0. The van der Waals surface area contributed by atoms with E-state index in [9.17, 15) is 12.8 Å². The normalized spacial score (nSPS) is 13.4. The molecule has 0 heterocycles. The SMILES string of the molecule is CC(N)c1cc(F)ccc1OCCS(C)(=O)=O. The quantitative estimate of drug-likeness (QED) is 0.866. The minimum Gasteiger partial charge on any atom is -0.492 e. The van der Waals surface area contributed by atoms with Crippen molar-refractivity contribution in [2.75, 3.05) is 18.6 Å². The average Bonchev–Trinajstić information content (AvgIpc) is 2.18. The van der Waals surface area contributed by atoms with Gasteiger partial charge in [0.25, 0.3) is 0 Å². The maximum atomic E-state index is 13.0. The van der Waals surface area contributed by atoms with E-state index < -0.39 is 15.7 Å². The van der Waals surface area contributed by atoms with Gasteiger partial charge in [0.1, 0.15) is 18.2 Å². The Balaban J connectivity index is 2.77. The van der Waals surface area contributed by atoms with Crippen molar-refractivity contribution in [1.82, 2.24) is 0 Å². The van der Waals surface area contributed by atoms with Crippen molar-refractivity contribution in [1.29, 1.82) is 0 Å². The molecule has 0 aliphatic rings. The molecule has 0 aromatic heterocycles. The molecule has 2 N–H and O–H groups in total. The van der Waals surface area contributed by atoms with Gasteiger partial charge in [-0.2, -0.15) is 0 Å². The number of benzene rings is 1. The summed E-state index contributed by atoms with van der Waals surface area (Å²) >= 11 is 0. The second-order valence-electron chi connectivity index (χ2n) is 3.95. The zero-order valence-electron chi connectivity index (χ0n) is 9.81. The largest absolute Gasteiger partial charge is 0.492 e. The van der Waals surface area contributed by atoms with Crippen LogP contribution >= 0.6 is 0 Å². The number of rotatable bonds is 5. The molecular formula is C11H16FNO3S. The molecule has 0 aliphatic heterocycles. The molecule has 96 valence electrons. The third-order valence-electron chi connectivity index (χ3n) is 2.17. The van der Waals surface area contributed by atoms with Gasteiger partial charge in [-0.1, -0.05) is 0 Å². The van der Waals surface area contributed by atoms with Crippen molar-refractivity contribution in [2.45, 2.75) is 13.0 Å². The van der Waals surface area contributed by atoms with Crippen LogP contribution in [0.1, 0.15) is 18.5 Å². The molecule has 0 spiro atoms. The molecule has 1 unspecified atom stereocenters. The lowest BCUT2D eigenvalue weighted by Crippen LogP contribution is -2.14. The zero-order valence-corrected chi connectivity index (χ0v) is 10.6. The number of nitrogens with two attached hydrogens (primary N) is 1. The summed E-state index contributed by atoms with van der Waals surface area (Å²) in [6, 6.07) is 3.62. The monoisotopic (exact) mass is 261 g/mol. The minimum absolute atomic E-state index is 0.0319. The van der Waals surface area contributed by atoms with Gasteiger partial charge in [0.15, 0.2) is 9.84 Å². The van der Waals surface area contributed by atoms with Crippen LogP contribution in [0, 0.1) is 5.82 Å². The van der Waals surface area contributed by atoms with Crippen LogP contribution in [0.5, 0.6) is 5.75 Å². The highest BCUT2D eigenvalue weighted by Crippen LogP contribution is 2.24. The molecule has 0 aliphatic carbocycles. The van der Waals surface area contributed by atoms with Crippen molar-refractivity contribution < 1.29 is 17.5 Å². The van der Waals surface area contributed by atoms with E-state index in [1.807, 2.05) is 0 Å². The van der Waals surface area contributed by atoms with Crippen LogP contribution in [0.3, 0.4) is 0 Å². The molecule has 6 heteroatoms. The van der Waals surface area contributed by atoms with Crippen LogP contribution in [0.4, 0.5) is 4.39 Å². The summed E-state index contributed by atoms with van der Waals surface area (Å²) in [5.74, 6) is -0.0548. The van der Waals surface area contributed by atoms with Crippen LogP contribution in [0.15, 0.2) is 18.2 Å². The van der Waals surface area contributed by atoms with Crippen molar-refractivity contribution in [3.63, 3.8) is 0 Å². The Bertz CT molecular complexity index is 485. The number of hydrogen-bond acceptors (Lipinski definition) is 4. The third kappa shape index (κ3) is 4.70. The van der Waals surface area contributed by atoms with Crippen molar-refractivity contribution >= 4 is 9.84 Å². The van der Waals surface area contributed by atoms with Gasteiger partial charge in [-0.05, 0) is 25.1 Å². The van der Waals surface area contributed by atoms with Crippen LogP contribution in [0.2, 0.25) is 0 Å². The van der Waals surface area contributed by atoms with Gasteiger partial charge in [0.05, 0.1) is 5.75 Å². The van der Waals surface area contributed by atoms with Gasteiger partial charge in [-0.3, -0.25) is 0 Å². The zero-order chi connectivity index (χ0) is 13.1. The Morgan fingerprint density at radius 3 is 2.65 bits per heavy atom. The summed E-state index contributed by atoms with van der Waals surface area (Å²) in [6.45, 7) is 1.74. The van der Waals surface area contributed by atoms with Crippen LogP contribution in [0.25, 0.3) is 0 Å². The molecule has 0 saturated heterocycles. The highest BCUT2D eigenvalue weighted by Gasteiger charge is 2.10. The van der Waals surface area contributed by atoms with E-state index in [0.29, 0.717) is 11.3 Å². The molecule has 0 fully saturated rings. The smallest absolute Gasteiger partial charge is 0.150 e. The molecular weight excluding hydrogens is 245 g/mol. The standard InChI is InChI=1S/C11H16FNO3S/c1-8(13)10-7-9(12)3-4-11(10)16-5-6-17(2,14)15/h3-4,7-8H,5-6,13H2,1-2H3. The van der Waals surface area contributed by atoms with E-state index in [1.54, 1.807) is 6.92 Å². The fourth-order valence-electron chi connectivity index (χ4n) is 1.31.